The smallest absolute Gasteiger partial charge is 0.308 e. The largest absolute Gasteiger partial charge is 0.481 e. The maximum absolute atomic E-state index is 12.4. The average Bonchev–Trinajstić information content (AvgIpc) is 3.19. The van der Waals surface area contributed by atoms with E-state index in [9.17, 15) is 9.59 Å². The maximum atomic E-state index is 12.4. The van der Waals surface area contributed by atoms with Crippen molar-refractivity contribution in [2.24, 2.45) is 11.8 Å². The molecule has 5 heteroatoms. The lowest BCUT2D eigenvalue weighted by Crippen LogP contribution is -2.38. The van der Waals surface area contributed by atoms with Gasteiger partial charge in [0.1, 0.15) is 0 Å². The van der Waals surface area contributed by atoms with Crippen LogP contribution in [0.4, 0.5) is 5.69 Å². The Hall–Kier alpha value is -1.55. The molecule has 1 unspecified atom stereocenters. The molecule has 20 heavy (non-hydrogen) atoms. The summed E-state index contributed by atoms with van der Waals surface area (Å²) in [4.78, 5) is 25.1. The van der Waals surface area contributed by atoms with Crippen LogP contribution in [0.2, 0.25) is 5.02 Å². The van der Waals surface area contributed by atoms with Crippen LogP contribution in [0.1, 0.15) is 25.3 Å². The van der Waals surface area contributed by atoms with E-state index < -0.39 is 11.9 Å². The summed E-state index contributed by atoms with van der Waals surface area (Å²) >= 11 is 5.93. The summed E-state index contributed by atoms with van der Waals surface area (Å²) in [7, 11) is 0. The molecule has 1 N–H and O–H groups in total. The molecule has 1 fully saturated rings. The van der Waals surface area contributed by atoms with Gasteiger partial charge in [-0.1, -0.05) is 18.5 Å². The van der Waals surface area contributed by atoms with Crippen molar-refractivity contribution >= 4 is 29.2 Å². The minimum Gasteiger partial charge on any atom is -0.481 e. The highest BCUT2D eigenvalue weighted by Gasteiger charge is 2.35. The standard InChI is InChI=1S/C15H18ClNO3/c1-9-7-12(16)5-6-13(9)17(8-10(2)15(19)20)14(18)11-3-4-11/h5-7,10-11H,3-4,8H2,1-2H3,(H,19,20). The third kappa shape index (κ3) is 3.31. The zero-order chi connectivity index (χ0) is 14.9. The number of halogens is 1. The molecule has 0 heterocycles. The number of rotatable bonds is 5. The highest BCUT2D eigenvalue weighted by atomic mass is 35.5. The number of nitrogens with zero attached hydrogens (tertiary/aromatic N) is 1. The second kappa shape index (κ2) is 5.83. The van der Waals surface area contributed by atoms with E-state index in [0.717, 1.165) is 24.1 Å². The first kappa shape index (κ1) is 14.9. The van der Waals surface area contributed by atoms with Crippen LogP contribution >= 0.6 is 11.6 Å². The van der Waals surface area contributed by atoms with Crippen molar-refractivity contribution in [3.05, 3.63) is 28.8 Å². The van der Waals surface area contributed by atoms with Gasteiger partial charge < -0.3 is 10.0 Å². The lowest BCUT2D eigenvalue weighted by atomic mass is 10.1. The molecular formula is C15H18ClNO3. The van der Waals surface area contributed by atoms with E-state index in [1.54, 1.807) is 30.0 Å². The molecule has 1 saturated carbocycles. The first-order valence-electron chi connectivity index (χ1n) is 6.70. The van der Waals surface area contributed by atoms with Gasteiger partial charge in [-0.25, -0.2) is 0 Å². The number of benzene rings is 1. The molecular weight excluding hydrogens is 278 g/mol. The molecule has 0 radical (unpaired) electrons. The Bertz CT molecular complexity index is 540. The van der Waals surface area contributed by atoms with E-state index in [2.05, 4.69) is 0 Å². The van der Waals surface area contributed by atoms with Crippen molar-refractivity contribution in [2.45, 2.75) is 26.7 Å². The van der Waals surface area contributed by atoms with Gasteiger partial charge in [-0.15, -0.1) is 0 Å². The highest BCUT2D eigenvalue weighted by molar-refractivity contribution is 6.30. The summed E-state index contributed by atoms with van der Waals surface area (Å²) in [5.74, 6) is -1.44. The molecule has 0 saturated heterocycles. The zero-order valence-corrected chi connectivity index (χ0v) is 12.4. The van der Waals surface area contributed by atoms with Gasteiger partial charge in [0.15, 0.2) is 0 Å². The van der Waals surface area contributed by atoms with E-state index in [0.29, 0.717) is 5.02 Å². The van der Waals surface area contributed by atoms with Crippen LogP contribution in [0, 0.1) is 18.8 Å². The molecule has 0 bridgehead atoms. The third-order valence-electron chi connectivity index (χ3n) is 3.52. The summed E-state index contributed by atoms with van der Waals surface area (Å²) in [6, 6.07) is 5.30. The molecule has 4 nitrogen and oxygen atoms in total. The van der Waals surface area contributed by atoms with Crippen LogP contribution in [0.3, 0.4) is 0 Å². The van der Waals surface area contributed by atoms with Crippen LogP contribution in [0.25, 0.3) is 0 Å². The lowest BCUT2D eigenvalue weighted by Gasteiger charge is -2.26. The SMILES string of the molecule is Cc1cc(Cl)ccc1N(CC(C)C(=O)O)C(=O)C1CC1. The number of aliphatic carboxylic acids is 1. The van der Waals surface area contributed by atoms with Crippen LogP contribution in [0.15, 0.2) is 18.2 Å². The number of carbonyl (C=O) groups excluding carboxylic acids is 1. The van der Waals surface area contributed by atoms with Crippen molar-refractivity contribution in [3.8, 4) is 0 Å². The fourth-order valence-corrected chi connectivity index (χ4v) is 2.36. The van der Waals surface area contributed by atoms with Crippen LogP contribution < -0.4 is 4.90 Å². The molecule has 1 aliphatic carbocycles. The summed E-state index contributed by atoms with van der Waals surface area (Å²) in [5.41, 5.74) is 1.63. The fourth-order valence-electron chi connectivity index (χ4n) is 2.13. The summed E-state index contributed by atoms with van der Waals surface area (Å²) in [5, 5.41) is 9.68. The molecule has 0 aliphatic heterocycles. The van der Waals surface area contributed by atoms with Crippen LogP contribution in [-0.2, 0) is 9.59 Å². The van der Waals surface area contributed by atoms with Gasteiger partial charge in [0.05, 0.1) is 5.92 Å². The number of amides is 1. The molecule has 0 aromatic heterocycles. The summed E-state index contributed by atoms with van der Waals surface area (Å²) in [6.45, 7) is 3.67. The van der Waals surface area contributed by atoms with Gasteiger partial charge in [0, 0.05) is 23.2 Å². The highest BCUT2D eigenvalue weighted by Crippen LogP contribution is 2.34. The normalized spacial score (nSPS) is 15.8. The molecule has 1 aromatic rings. The van der Waals surface area contributed by atoms with E-state index in [1.807, 2.05) is 6.92 Å². The molecule has 1 atom stereocenters. The number of hydrogen-bond donors (Lipinski definition) is 1. The maximum Gasteiger partial charge on any atom is 0.308 e. The molecule has 1 aromatic carbocycles. The lowest BCUT2D eigenvalue weighted by molar-refractivity contribution is -0.140. The van der Waals surface area contributed by atoms with Gasteiger partial charge in [-0.05, 0) is 43.5 Å². The molecule has 1 amide bonds. The predicted octanol–water partition coefficient (Wildman–Crippen LogP) is 3.11. The Labute approximate surface area is 123 Å². The van der Waals surface area contributed by atoms with E-state index in [4.69, 9.17) is 16.7 Å². The van der Waals surface area contributed by atoms with Crippen molar-refractivity contribution in [1.29, 1.82) is 0 Å². The number of carboxylic acid groups (broad SMARTS) is 1. The Morgan fingerprint density at radius 3 is 2.60 bits per heavy atom. The molecule has 108 valence electrons. The number of hydrogen-bond acceptors (Lipinski definition) is 2. The first-order chi connectivity index (χ1) is 9.40. The van der Waals surface area contributed by atoms with Gasteiger partial charge >= 0.3 is 5.97 Å². The monoisotopic (exact) mass is 295 g/mol. The molecule has 2 rings (SSSR count). The number of aryl methyl sites for hydroxylation is 1. The zero-order valence-electron chi connectivity index (χ0n) is 11.6. The predicted molar refractivity (Wildman–Crippen MR) is 78.1 cm³/mol. The minimum absolute atomic E-state index is 0.0172. The van der Waals surface area contributed by atoms with Gasteiger partial charge in [-0.3, -0.25) is 9.59 Å². The van der Waals surface area contributed by atoms with Crippen LogP contribution in [-0.4, -0.2) is 23.5 Å². The van der Waals surface area contributed by atoms with Gasteiger partial charge in [0.25, 0.3) is 0 Å². The quantitative estimate of drug-likeness (QED) is 0.908. The Kier molecular flexibility index (Phi) is 4.33. The topological polar surface area (TPSA) is 57.6 Å². The fraction of sp³-hybridized carbons (Fsp3) is 0.467. The second-order valence-electron chi connectivity index (χ2n) is 5.39. The van der Waals surface area contributed by atoms with Crippen molar-refractivity contribution in [2.75, 3.05) is 11.4 Å². The Morgan fingerprint density at radius 1 is 1.45 bits per heavy atom. The van der Waals surface area contributed by atoms with E-state index in [-0.39, 0.29) is 18.4 Å². The summed E-state index contributed by atoms with van der Waals surface area (Å²) in [6.07, 6.45) is 1.78. The van der Waals surface area contributed by atoms with Gasteiger partial charge in [0.2, 0.25) is 5.91 Å². The number of anilines is 1. The van der Waals surface area contributed by atoms with Crippen molar-refractivity contribution in [3.63, 3.8) is 0 Å². The van der Waals surface area contributed by atoms with Crippen LogP contribution in [0.5, 0.6) is 0 Å². The summed E-state index contributed by atoms with van der Waals surface area (Å²) < 4.78 is 0. The average molecular weight is 296 g/mol. The first-order valence-corrected chi connectivity index (χ1v) is 7.08. The second-order valence-corrected chi connectivity index (χ2v) is 5.83. The number of carbonyl (C=O) groups is 2. The molecule has 1 aliphatic rings. The third-order valence-corrected chi connectivity index (χ3v) is 3.76. The van der Waals surface area contributed by atoms with E-state index >= 15 is 0 Å². The van der Waals surface area contributed by atoms with Crippen molar-refractivity contribution in [1.82, 2.24) is 0 Å². The van der Waals surface area contributed by atoms with E-state index in [1.165, 1.54) is 0 Å². The molecule has 0 spiro atoms. The Balaban J connectivity index is 2.29. The Morgan fingerprint density at radius 2 is 2.10 bits per heavy atom. The van der Waals surface area contributed by atoms with Crippen molar-refractivity contribution < 1.29 is 14.7 Å². The number of carboxylic acids is 1. The van der Waals surface area contributed by atoms with Gasteiger partial charge in [-0.2, -0.15) is 0 Å². The minimum atomic E-state index is -0.898.